The molecule has 1 aromatic carbocycles. The molecular formula is C18H21N4O+. The van der Waals surface area contributed by atoms with Crippen molar-refractivity contribution in [2.24, 2.45) is 5.73 Å². The van der Waals surface area contributed by atoms with Crippen LogP contribution in [0.2, 0.25) is 0 Å². The SMILES string of the molecule is CCN(CC)c1[nH+]c2cc(C)ccc2cc1/C=C(/C#N)C(N)=O. The van der Waals surface area contributed by atoms with Crippen LogP contribution in [0, 0.1) is 18.3 Å². The second-order valence-electron chi connectivity index (χ2n) is 5.37. The number of aromatic amines is 1. The maximum Gasteiger partial charge on any atom is 0.282 e. The molecule has 0 unspecified atom stereocenters. The van der Waals surface area contributed by atoms with Gasteiger partial charge < -0.3 is 5.73 Å². The quantitative estimate of drug-likeness (QED) is 0.679. The number of nitrogens with zero attached hydrogens (tertiary/aromatic N) is 2. The van der Waals surface area contributed by atoms with E-state index in [9.17, 15) is 4.79 Å². The van der Waals surface area contributed by atoms with Gasteiger partial charge in [-0.1, -0.05) is 12.1 Å². The fourth-order valence-corrected chi connectivity index (χ4v) is 2.57. The molecule has 2 aromatic rings. The number of benzene rings is 1. The summed E-state index contributed by atoms with van der Waals surface area (Å²) in [7, 11) is 0. The number of rotatable bonds is 5. The summed E-state index contributed by atoms with van der Waals surface area (Å²) in [6.07, 6.45) is 1.55. The van der Waals surface area contributed by atoms with Crippen LogP contribution in [0.15, 0.2) is 29.8 Å². The Balaban J connectivity index is 2.74. The predicted molar refractivity (Wildman–Crippen MR) is 91.6 cm³/mol. The van der Waals surface area contributed by atoms with Gasteiger partial charge in [-0.15, -0.1) is 0 Å². The maximum absolute atomic E-state index is 11.4. The summed E-state index contributed by atoms with van der Waals surface area (Å²) in [5.41, 5.74) is 8.17. The van der Waals surface area contributed by atoms with Gasteiger partial charge in [0, 0.05) is 5.39 Å². The first-order chi connectivity index (χ1) is 11.0. The topological polar surface area (TPSA) is 84.3 Å². The summed E-state index contributed by atoms with van der Waals surface area (Å²) in [4.78, 5) is 16.9. The van der Waals surface area contributed by atoms with Gasteiger partial charge in [-0.3, -0.25) is 9.69 Å². The molecule has 2 rings (SSSR count). The zero-order valence-corrected chi connectivity index (χ0v) is 13.7. The smallest absolute Gasteiger partial charge is 0.282 e. The monoisotopic (exact) mass is 309 g/mol. The van der Waals surface area contributed by atoms with Gasteiger partial charge >= 0.3 is 0 Å². The Bertz CT molecular complexity index is 814. The van der Waals surface area contributed by atoms with Gasteiger partial charge in [0.15, 0.2) is 0 Å². The van der Waals surface area contributed by atoms with Crippen LogP contribution in [0.5, 0.6) is 0 Å². The molecule has 3 N–H and O–H groups in total. The molecule has 0 fully saturated rings. The Morgan fingerprint density at radius 2 is 2.04 bits per heavy atom. The maximum atomic E-state index is 11.4. The second-order valence-corrected chi connectivity index (χ2v) is 5.37. The molecule has 1 heterocycles. The van der Waals surface area contributed by atoms with Crippen molar-refractivity contribution in [2.75, 3.05) is 18.0 Å². The number of nitriles is 1. The van der Waals surface area contributed by atoms with Gasteiger partial charge in [-0.25, -0.2) is 4.98 Å². The van der Waals surface area contributed by atoms with Crippen LogP contribution in [0.3, 0.4) is 0 Å². The minimum atomic E-state index is -0.720. The fourth-order valence-electron chi connectivity index (χ4n) is 2.57. The molecule has 118 valence electrons. The summed E-state index contributed by atoms with van der Waals surface area (Å²) < 4.78 is 0. The number of primary amides is 1. The van der Waals surface area contributed by atoms with Crippen molar-refractivity contribution in [3.8, 4) is 6.07 Å². The van der Waals surface area contributed by atoms with Crippen LogP contribution in [0.1, 0.15) is 25.0 Å². The van der Waals surface area contributed by atoms with Gasteiger partial charge in [0.25, 0.3) is 11.7 Å². The molecule has 0 saturated carbocycles. The first-order valence-corrected chi connectivity index (χ1v) is 7.63. The molecule has 1 amide bonds. The van der Waals surface area contributed by atoms with Crippen LogP contribution in [-0.4, -0.2) is 19.0 Å². The van der Waals surface area contributed by atoms with E-state index in [0.717, 1.165) is 40.9 Å². The van der Waals surface area contributed by atoms with E-state index in [0.29, 0.717) is 0 Å². The highest BCUT2D eigenvalue weighted by Crippen LogP contribution is 2.23. The van der Waals surface area contributed by atoms with Crippen molar-refractivity contribution in [2.45, 2.75) is 20.8 Å². The fraction of sp³-hybridized carbons (Fsp3) is 0.278. The molecule has 5 nitrogen and oxygen atoms in total. The van der Waals surface area contributed by atoms with E-state index in [4.69, 9.17) is 11.0 Å². The number of hydrogen-bond acceptors (Lipinski definition) is 3. The second kappa shape index (κ2) is 6.93. The van der Waals surface area contributed by atoms with Crippen molar-refractivity contribution >= 4 is 28.7 Å². The predicted octanol–water partition coefficient (Wildman–Crippen LogP) is 2.20. The molecule has 0 aliphatic carbocycles. The Morgan fingerprint density at radius 3 is 2.61 bits per heavy atom. The van der Waals surface area contributed by atoms with Crippen LogP contribution < -0.4 is 15.6 Å². The summed E-state index contributed by atoms with van der Waals surface area (Å²) in [5.74, 6) is 0.157. The lowest BCUT2D eigenvalue weighted by molar-refractivity contribution is -0.330. The zero-order chi connectivity index (χ0) is 17.0. The molecule has 0 bridgehead atoms. The molecule has 0 radical (unpaired) electrons. The standard InChI is InChI=1S/C18H20N4O/c1-4-22(5-2)18-14(10-15(11-19)17(20)23)9-13-7-6-12(3)8-16(13)21-18/h6-10H,4-5H2,1-3H3,(H2,20,23)/p+1/b15-10-. The Labute approximate surface area is 136 Å². The summed E-state index contributed by atoms with van der Waals surface area (Å²) in [5, 5.41) is 10.1. The normalized spacial score (nSPS) is 11.3. The van der Waals surface area contributed by atoms with Crippen LogP contribution >= 0.6 is 0 Å². The number of anilines is 1. The van der Waals surface area contributed by atoms with Gasteiger partial charge in [0.1, 0.15) is 17.2 Å². The number of fused-ring (bicyclic) bond motifs is 1. The van der Waals surface area contributed by atoms with Crippen molar-refractivity contribution in [3.05, 3.63) is 41.0 Å². The third-order valence-electron chi connectivity index (χ3n) is 3.81. The Kier molecular flexibility index (Phi) is 4.97. The zero-order valence-electron chi connectivity index (χ0n) is 13.7. The largest absolute Gasteiger partial charge is 0.365 e. The molecule has 0 aliphatic heterocycles. The molecule has 1 aromatic heterocycles. The van der Waals surface area contributed by atoms with Gasteiger partial charge in [0.05, 0.1) is 18.7 Å². The number of hydrogen-bond donors (Lipinski definition) is 1. The first kappa shape index (κ1) is 16.5. The minimum absolute atomic E-state index is 0.0572. The third kappa shape index (κ3) is 3.49. The molecule has 23 heavy (non-hydrogen) atoms. The number of pyridine rings is 1. The van der Waals surface area contributed by atoms with E-state index >= 15 is 0 Å². The number of nitrogens with two attached hydrogens (primary N) is 1. The number of amides is 1. The third-order valence-corrected chi connectivity index (χ3v) is 3.81. The molecule has 0 aliphatic rings. The van der Waals surface area contributed by atoms with E-state index < -0.39 is 5.91 Å². The van der Waals surface area contributed by atoms with Gasteiger partial charge in [-0.2, -0.15) is 5.26 Å². The van der Waals surface area contributed by atoms with Crippen molar-refractivity contribution in [1.82, 2.24) is 0 Å². The van der Waals surface area contributed by atoms with E-state index in [1.54, 1.807) is 6.08 Å². The molecule has 0 spiro atoms. The number of H-pyrrole nitrogens is 1. The highest BCUT2D eigenvalue weighted by Gasteiger charge is 2.19. The van der Waals surface area contributed by atoms with Crippen molar-refractivity contribution in [3.63, 3.8) is 0 Å². The number of aromatic nitrogens is 1. The van der Waals surface area contributed by atoms with Crippen LogP contribution in [-0.2, 0) is 4.79 Å². The molecule has 0 atom stereocenters. The van der Waals surface area contributed by atoms with E-state index in [2.05, 4.69) is 29.8 Å². The number of carbonyl (C=O) groups is 1. The van der Waals surface area contributed by atoms with Crippen LogP contribution in [0.25, 0.3) is 17.0 Å². The summed E-state index contributed by atoms with van der Waals surface area (Å²) >= 11 is 0. The van der Waals surface area contributed by atoms with Crippen LogP contribution in [0.4, 0.5) is 5.82 Å². The van der Waals surface area contributed by atoms with Crippen molar-refractivity contribution < 1.29 is 9.78 Å². The number of carbonyl (C=O) groups excluding carboxylic acids is 1. The summed E-state index contributed by atoms with van der Waals surface area (Å²) in [6, 6.07) is 9.96. The average molecular weight is 309 g/mol. The lowest BCUT2D eigenvalue weighted by Gasteiger charge is -2.15. The highest BCUT2D eigenvalue weighted by atomic mass is 16.1. The van der Waals surface area contributed by atoms with E-state index in [1.165, 1.54) is 0 Å². The molecule has 5 heteroatoms. The Hall–Kier alpha value is -2.87. The first-order valence-electron chi connectivity index (χ1n) is 7.63. The molecule has 0 saturated heterocycles. The number of nitrogens with one attached hydrogen (secondary N) is 1. The Morgan fingerprint density at radius 1 is 1.35 bits per heavy atom. The summed E-state index contributed by atoms with van der Waals surface area (Å²) in [6.45, 7) is 7.78. The average Bonchev–Trinajstić information content (AvgIpc) is 2.53. The lowest BCUT2D eigenvalue weighted by Crippen LogP contribution is -2.30. The van der Waals surface area contributed by atoms with Gasteiger partial charge in [0.2, 0.25) is 0 Å². The minimum Gasteiger partial charge on any atom is -0.365 e. The van der Waals surface area contributed by atoms with E-state index in [1.807, 2.05) is 31.2 Å². The van der Waals surface area contributed by atoms with E-state index in [-0.39, 0.29) is 5.57 Å². The van der Waals surface area contributed by atoms with Crippen molar-refractivity contribution in [1.29, 1.82) is 5.26 Å². The molecular weight excluding hydrogens is 288 g/mol. The highest BCUT2D eigenvalue weighted by molar-refractivity contribution is 6.01. The lowest BCUT2D eigenvalue weighted by atomic mass is 10.1. The van der Waals surface area contributed by atoms with Gasteiger partial charge in [-0.05, 0) is 44.5 Å². The number of aryl methyl sites for hydroxylation is 1.